The molecule has 1 unspecified atom stereocenters. The standard InChI is InChI=1S/C16H21N3OS2/c1-11-4-3-7-19(9-11)16-18-14(10-21-16)15-6-5-13(22-15)8-17-12(2)20/h5-6,10-11H,3-4,7-9H2,1-2H3,(H,17,20). The number of amides is 1. The Kier molecular flexibility index (Phi) is 4.78. The Morgan fingerprint density at radius 2 is 2.36 bits per heavy atom. The number of anilines is 1. The van der Waals surface area contributed by atoms with Gasteiger partial charge in [-0.2, -0.15) is 0 Å². The number of nitrogens with zero attached hydrogens (tertiary/aromatic N) is 2. The van der Waals surface area contributed by atoms with Crippen molar-refractivity contribution in [3.05, 3.63) is 22.4 Å². The predicted octanol–water partition coefficient (Wildman–Crippen LogP) is 3.74. The highest BCUT2D eigenvalue weighted by Gasteiger charge is 2.19. The van der Waals surface area contributed by atoms with Crippen molar-refractivity contribution in [3.8, 4) is 10.6 Å². The van der Waals surface area contributed by atoms with Crippen LogP contribution in [0.1, 0.15) is 31.6 Å². The zero-order valence-corrected chi connectivity index (χ0v) is 14.6. The number of hydrogen-bond donors (Lipinski definition) is 1. The van der Waals surface area contributed by atoms with Gasteiger partial charge in [0.25, 0.3) is 0 Å². The topological polar surface area (TPSA) is 45.2 Å². The minimum absolute atomic E-state index is 0.00473. The molecule has 0 aromatic carbocycles. The molecule has 1 aliphatic heterocycles. The average molecular weight is 335 g/mol. The molecule has 0 saturated carbocycles. The van der Waals surface area contributed by atoms with Gasteiger partial charge in [0, 0.05) is 30.3 Å². The SMILES string of the molecule is CC(=O)NCc1ccc(-c2csc(N3CCCC(C)C3)n2)s1. The molecule has 0 bridgehead atoms. The molecular formula is C16H21N3OS2. The summed E-state index contributed by atoms with van der Waals surface area (Å²) < 4.78 is 0. The molecule has 0 aliphatic carbocycles. The third kappa shape index (κ3) is 3.67. The lowest BCUT2D eigenvalue weighted by Gasteiger charge is -2.30. The van der Waals surface area contributed by atoms with Crippen LogP contribution < -0.4 is 10.2 Å². The summed E-state index contributed by atoms with van der Waals surface area (Å²) in [6.07, 6.45) is 2.59. The van der Waals surface area contributed by atoms with Crippen LogP contribution in [-0.2, 0) is 11.3 Å². The quantitative estimate of drug-likeness (QED) is 0.925. The molecule has 0 spiro atoms. The zero-order valence-electron chi connectivity index (χ0n) is 13.0. The molecule has 1 fully saturated rings. The first kappa shape index (κ1) is 15.5. The van der Waals surface area contributed by atoms with Crippen LogP contribution in [0.5, 0.6) is 0 Å². The number of rotatable bonds is 4. The van der Waals surface area contributed by atoms with Crippen molar-refractivity contribution in [1.82, 2.24) is 10.3 Å². The molecule has 1 atom stereocenters. The summed E-state index contributed by atoms with van der Waals surface area (Å²) in [7, 11) is 0. The Hall–Kier alpha value is -1.40. The van der Waals surface area contributed by atoms with E-state index < -0.39 is 0 Å². The van der Waals surface area contributed by atoms with Crippen LogP contribution in [0.25, 0.3) is 10.6 Å². The molecule has 22 heavy (non-hydrogen) atoms. The van der Waals surface area contributed by atoms with Gasteiger partial charge in [0.2, 0.25) is 5.91 Å². The van der Waals surface area contributed by atoms with Crippen molar-refractivity contribution in [2.24, 2.45) is 5.92 Å². The van der Waals surface area contributed by atoms with Crippen LogP contribution in [0.3, 0.4) is 0 Å². The lowest BCUT2D eigenvalue weighted by atomic mass is 10.0. The van der Waals surface area contributed by atoms with Gasteiger partial charge in [0.15, 0.2) is 5.13 Å². The molecule has 1 N–H and O–H groups in total. The molecule has 118 valence electrons. The number of hydrogen-bond acceptors (Lipinski definition) is 5. The van der Waals surface area contributed by atoms with Crippen LogP contribution >= 0.6 is 22.7 Å². The minimum atomic E-state index is 0.00473. The smallest absolute Gasteiger partial charge is 0.217 e. The van der Waals surface area contributed by atoms with Crippen LogP contribution in [0.4, 0.5) is 5.13 Å². The molecule has 2 aromatic heterocycles. The van der Waals surface area contributed by atoms with Gasteiger partial charge in [-0.15, -0.1) is 22.7 Å². The molecule has 2 aromatic rings. The Bertz CT molecular complexity index is 649. The Balaban J connectivity index is 1.69. The van der Waals surface area contributed by atoms with Crippen molar-refractivity contribution in [1.29, 1.82) is 0 Å². The van der Waals surface area contributed by atoms with Crippen LogP contribution in [-0.4, -0.2) is 24.0 Å². The van der Waals surface area contributed by atoms with Crippen molar-refractivity contribution in [2.45, 2.75) is 33.2 Å². The lowest BCUT2D eigenvalue weighted by Crippen LogP contribution is -2.34. The second-order valence-corrected chi connectivity index (χ2v) is 7.89. The van der Waals surface area contributed by atoms with Gasteiger partial charge in [-0.05, 0) is 30.9 Å². The summed E-state index contributed by atoms with van der Waals surface area (Å²) in [4.78, 5) is 20.5. The summed E-state index contributed by atoms with van der Waals surface area (Å²) >= 11 is 3.43. The first-order valence-corrected chi connectivity index (χ1v) is 9.35. The average Bonchev–Trinajstić information content (AvgIpc) is 3.14. The highest BCUT2D eigenvalue weighted by molar-refractivity contribution is 7.17. The lowest BCUT2D eigenvalue weighted by molar-refractivity contribution is -0.119. The van der Waals surface area contributed by atoms with Gasteiger partial charge >= 0.3 is 0 Å². The normalized spacial score (nSPS) is 18.5. The Labute approximate surface area is 139 Å². The summed E-state index contributed by atoms with van der Waals surface area (Å²) in [5.74, 6) is 0.761. The van der Waals surface area contributed by atoms with Gasteiger partial charge in [0.1, 0.15) is 0 Å². The van der Waals surface area contributed by atoms with E-state index in [2.05, 4.69) is 34.7 Å². The number of carbonyl (C=O) groups excluding carboxylic acids is 1. The number of thiophene rings is 1. The van der Waals surface area contributed by atoms with E-state index in [9.17, 15) is 4.79 Å². The number of nitrogens with one attached hydrogen (secondary N) is 1. The maximum absolute atomic E-state index is 11.0. The fourth-order valence-corrected chi connectivity index (χ4v) is 4.55. The summed E-state index contributed by atoms with van der Waals surface area (Å²) in [6.45, 7) is 6.69. The van der Waals surface area contributed by atoms with Gasteiger partial charge in [-0.25, -0.2) is 4.98 Å². The first-order chi connectivity index (χ1) is 10.6. The largest absolute Gasteiger partial charge is 0.351 e. The van der Waals surface area contributed by atoms with E-state index in [1.54, 1.807) is 29.6 Å². The molecule has 1 saturated heterocycles. The fourth-order valence-electron chi connectivity index (χ4n) is 2.71. The van der Waals surface area contributed by atoms with E-state index in [0.29, 0.717) is 6.54 Å². The van der Waals surface area contributed by atoms with Crippen LogP contribution in [0.15, 0.2) is 17.5 Å². The van der Waals surface area contributed by atoms with Crippen molar-refractivity contribution < 1.29 is 4.79 Å². The van der Waals surface area contributed by atoms with Gasteiger partial charge in [-0.3, -0.25) is 4.79 Å². The molecule has 6 heteroatoms. The van der Waals surface area contributed by atoms with E-state index in [1.807, 2.05) is 0 Å². The molecule has 1 aliphatic rings. The Morgan fingerprint density at radius 1 is 1.50 bits per heavy atom. The van der Waals surface area contributed by atoms with E-state index in [-0.39, 0.29) is 5.91 Å². The highest BCUT2D eigenvalue weighted by Crippen LogP contribution is 2.33. The van der Waals surface area contributed by atoms with Crippen LogP contribution in [0, 0.1) is 5.92 Å². The summed E-state index contributed by atoms with van der Waals surface area (Å²) in [5, 5.41) is 6.11. The summed E-state index contributed by atoms with van der Waals surface area (Å²) in [6, 6.07) is 4.16. The third-order valence-corrected chi connectivity index (χ3v) is 5.85. The Morgan fingerprint density at radius 3 is 3.14 bits per heavy atom. The van der Waals surface area contributed by atoms with E-state index in [1.165, 1.54) is 17.7 Å². The first-order valence-electron chi connectivity index (χ1n) is 7.66. The number of carbonyl (C=O) groups is 1. The molecule has 1 amide bonds. The minimum Gasteiger partial charge on any atom is -0.351 e. The monoisotopic (exact) mass is 335 g/mol. The van der Waals surface area contributed by atoms with E-state index in [0.717, 1.165) is 34.7 Å². The fraction of sp³-hybridized carbons (Fsp3) is 0.500. The predicted molar refractivity (Wildman–Crippen MR) is 93.6 cm³/mol. The highest BCUT2D eigenvalue weighted by atomic mass is 32.1. The van der Waals surface area contributed by atoms with Crippen LogP contribution in [0.2, 0.25) is 0 Å². The van der Waals surface area contributed by atoms with E-state index in [4.69, 9.17) is 4.98 Å². The second-order valence-electron chi connectivity index (χ2n) is 5.88. The molecule has 3 heterocycles. The maximum Gasteiger partial charge on any atom is 0.217 e. The molecule has 0 radical (unpaired) electrons. The van der Waals surface area contributed by atoms with Crippen molar-refractivity contribution >= 4 is 33.7 Å². The number of piperidine rings is 1. The molecule has 3 rings (SSSR count). The van der Waals surface area contributed by atoms with Gasteiger partial charge in [-0.1, -0.05) is 6.92 Å². The summed E-state index contributed by atoms with van der Waals surface area (Å²) in [5.41, 5.74) is 1.05. The number of aromatic nitrogens is 1. The zero-order chi connectivity index (χ0) is 15.5. The van der Waals surface area contributed by atoms with Gasteiger partial charge in [0.05, 0.1) is 17.1 Å². The second kappa shape index (κ2) is 6.79. The van der Waals surface area contributed by atoms with Crippen molar-refractivity contribution in [2.75, 3.05) is 18.0 Å². The van der Waals surface area contributed by atoms with E-state index >= 15 is 0 Å². The third-order valence-electron chi connectivity index (χ3n) is 3.85. The molecule has 4 nitrogen and oxygen atoms in total. The van der Waals surface area contributed by atoms with Crippen molar-refractivity contribution in [3.63, 3.8) is 0 Å². The number of thiazole rings is 1. The molecular weight excluding hydrogens is 314 g/mol. The maximum atomic E-state index is 11.0. The van der Waals surface area contributed by atoms with Gasteiger partial charge < -0.3 is 10.2 Å².